The van der Waals surface area contributed by atoms with Crippen LogP contribution in [0, 0.1) is 17.0 Å². The monoisotopic (exact) mass is 294 g/mol. The Morgan fingerprint density at radius 2 is 2.05 bits per heavy atom. The summed E-state index contributed by atoms with van der Waals surface area (Å²) < 4.78 is 5.29. The molecule has 0 aromatic heterocycles. The lowest BCUT2D eigenvalue weighted by molar-refractivity contribution is -0.386. The molecule has 0 atom stereocenters. The third-order valence-corrected chi connectivity index (χ3v) is 3.31. The van der Waals surface area contributed by atoms with E-state index in [1.54, 1.807) is 27.7 Å². The molecular formula is C14H18N2O5. The molecule has 1 amide bonds. The minimum Gasteiger partial charge on any atom is -0.502 e. The number of ether oxygens (including phenoxy) is 1. The number of nitro benzene ring substituents is 1. The highest BCUT2D eigenvalue weighted by Crippen LogP contribution is 2.38. The fraction of sp³-hybridized carbons (Fsp3) is 0.500. The van der Waals surface area contributed by atoms with Gasteiger partial charge in [0.05, 0.1) is 11.5 Å². The van der Waals surface area contributed by atoms with Gasteiger partial charge in [-0.05, 0) is 38.8 Å². The van der Waals surface area contributed by atoms with E-state index in [-0.39, 0.29) is 24.5 Å². The van der Waals surface area contributed by atoms with Gasteiger partial charge < -0.3 is 9.84 Å². The Balaban J connectivity index is 2.29. The molecule has 2 rings (SSSR count). The van der Waals surface area contributed by atoms with Crippen molar-refractivity contribution < 1.29 is 19.6 Å². The Hall–Kier alpha value is -2.31. The maximum absolute atomic E-state index is 12.1. The molecule has 0 aliphatic carbocycles. The van der Waals surface area contributed by atoms with Gasteiger partial charge in [0.15, 0.2) is 5.75 Å². The third kappa shape index (κ3) is 2.91. The quantitative estimate of drug-likeness (QED) is 0.635. The van der Waals surface area contributed by atoms with E-state index in [1.165, 1.54) is 11.0 Å². The van der Waals surface area contributed by atoms with Gasteiger partial charge in [0.2, 0.25) is 0 Å². The summed E-state index contributed by atoms with van der Waals surface area (Å²) in [4.78, 5) is 23.8. The summed E-state index contributed by atoms with van der Waals surface area (Å²) in [5.41, 5.74) is 0.907. The second-order valence-electron chi connectivity index (χ2n) is 6.10. The van der Waals surface area contributed by atoms with Gasteiger partial charge in [-0.25, -0.2) is 4.79 Å². The number of amides is 1. The van der Waals surface area contributed by atoms with Crippen molar-refractivity contribution in [1.29, 1.82) is 0 Å². The average molecular weight is 294 g/mol. The van der Waals surface area contributed by atoms with E-state index in [4.69, 9.17) is 4.74 Å². The van der Waals surface area contributed by atoms with Crippen LogP contribution in [0.15, 0.2) is 6.07 Å². The van der Waals surface area contributed by atoms with Crippen LogP contribution in [0.5, 0.6) is 5.75 Å². The highest BCUT2D eigenvalue weighted by Gasteiger charge is 2.32. The van der Waals surface area contributed by atoms with E-state index in [0.29, 0.717) is 11.1 Å². The topological polar surface area (TPSA) is 92.9 Å². The maximum Gasteiger partial charge on any atom is 0.410 e. The third-order valence-electron chi connectivity index (χ3n) is 3.31. The lowest BCUT2D eigenvalue weighted by Crippen LogP contribution is -2.33. The molecule has 21 heavy (non-hydrogen) atoms. The van der Waals surface area contributed by atoms with Gasteiger partial charge in [-0.15, -0.1) is 0 Å². The standard InChI is InChI=1S/C14H18N2O5/c1-8-10-7-15(13(18)21-14(2,3)4)6-9(10)5-11(12(8)17)16(19)20/h5,17H,6-7H2,1-4H3. The van der Waals surface area contributed by atoms with Crippen molar-refractivity contribution in [3.63, 3.8) is 0 Å². The molecule has 0 unspecified atom stereocenters. The molecule has 1 aromatic rings. The summed E-state index contributed by atoms with van der Waals surface area (Å²) in [5.74, 6) is -0.343. The van der Waals surface area contributed by atoms with Gasteiger partial charge in [-0.2, -0.15) is 0 Å². The molecule has 0 fully saturated rings. The van der Waals surface area contributed by atoms with Crippen LogP contribution < -0.4 is 0 Å². The minimum atomic E-state index is -0.626. The first-order chi connectivity index (χ1) is 9.60. The smallest absolute Gasteiger partial charge is 0.410 e. The summed E-state index contributed by atoms with van der Waals surface area (Å²) in [7, 11) is 0. The van der Waals surface area contributed by atoms with E-state index in [1.807, 2.05) is 0 Å². The van der Waals surface area contributed by atoms with Crippen LogP contribution in [-0.4, -0.2) is 26.6 Å². The molecule has 0 spiro atoms. The molecule has 0 bridgehead atoms. The predicted molar refractivity (Wildman–Crippen MR) is 75.0 cm³/mol. The first kappa shape index (κ1) is 15.1. The molecule has 1 aliphatic heterocycles. The summed E-state index contributed by atoms with van der Waals surface area (Å²) in [6.45, 7) is 7.45. The van der Waals surface area contributed by atoms with E-state index in [2.05, 4.69) is 0 Å². The molecule has 1 N–H and O–H groups in total. The summed E-state index contributed by atoms with van der Waals surface area (Å²) >= 11 is 0. The van der Waals surface area contributed by atoms with Gasteiger partial charge in [0.1, 0.15) is 5.60 Å². The van der Waals surface area contributed by atoms with Gasteiger partial charge in [-0.3, -0.25) is 15.0 Å². The lowest BCUT2D eigenvalue weighted by Gasteiger charge is -2.24. The maximum atomic E-state index is 12.1. The van der Waals surface area contributed by atoms with E-state index < -0.39 is 16.6 Å². The highest BCUT2D eigenvalue weighted by atomic mass is 16.6. The SMILES string of the molecule is Cc1c(O)c([N+](=O)[O-])cc2c1CN(C(=O)OC(C)(C)C)C2. The molecule has 0 saturated heterocycles. The molecule has 0 saturated carbocycles. The Labute approximate surface area is 122 Å². The van der Waals surface area contributed by atoms with E-state index in [9.17, 15) is 20.0 Å². The zero-order chi connectivity index (χ0) is 15.9. The first-order valence-electron chi connectivity index (χ1n) is 6.57. The molecular weight excluding hydrogens is 276 g/mol. The fourth-order valence-electron chi connectivity index (χ4n) is 2.30. The molecule has 1 aliphatic rings. The van der Waals surface area contributed by atoms with Crippen LogP contribution in [0.25, 0.3) is 0 Å². The van der Waals surface area contributed by atoms with Crippen molar-refractivity contribution in [2.24, 2.45) is 0 Å². The van der Waals surface area contributed by atoms with Crippen molar-refractivity contribution in [3.05, 3.63) is 32.9 Å². The second-order valence-corrected chi connectivity index (χ2v) is 6.10. The normalized spacial score (nSPS) is 14.0. The molecule has 7 heteroatoms. The van der Waals surface area contributed by atoms with E-state index in [0.717, 1.165) is 5.56 Å². The largest absolute Gasteiger partial charge is 0.502 e. The average Bonchev–Trinajstić information content (AvgIpc) is 2.75. The Morgan fingerprint density at radius 3 is 2.57 bits per heavy atom. The number of phenolic OH excluding ortho intramolecular Hbond substituents is 1. The number of carbonyl (C=O) groups is 1. The zero-order valence-electron chi connectivity index (χ0n) is 12.5. The number of nitro groups is 1. The number of fused-ring (bicyclic) bond motifs is 1. The number of benzene rings is 1. The van der Waals surface area contributed by atoms with Crippen molar-refractivity contribution in [2.75, 3.05) is 0 Å². The van der Waals surface area contributed by atoms with Gasteiger partial charge >= 0.3 is 11.8 Å². The van der Waals surface area contributed by atoms with Crippen molar-refractivity contribution in [2.45, 2.75) is 46.4 Å². The number of nitrogens with zero attached hydrogens (tertiary/aromatic N) is 2. The minimum absolute atomic E-state index is 0.242. The number of hydrogen-bond donors (Lipinski definition) is 1. The first-order valence-corrected chi connectivity index (χ1v) is 6.57. The van der Waals surface area contributed by atoms with Crippen molar-refractivity contribution in [3.8, 4) is 5.75 Å². The molecule has 1 heterocycles. The van der Waals surface area contributed by atoms with Crippen LogP contribution >= 0.6 is 0 Å². The Bertz CT molecular complexity index is 619. The van der Waals surface area contributed by atoms with E-state index >= 15 is 0 Å². The number of hydrogen-bond acceptors (Lipinski definition) is 5. The second kappa shape index (κ2) is 4.91. The predicted octanol–water partition coefficient (Wildman–Crippen LogP) is 2.86. The summed E-state index contributed by atoms with van der Waals surface area (Å²) in [6, 6.07) is 1.32. The van der Waals surface area contributed by atoms with Crippen LogP contribution in [-0.2, 0) is 17.8 Å². The summed E-state index contributed by atoms with van der Waals surface area (Å²) in [5, 5.41) is 20.8. The molecule has 1 aromatic carbocycles. The van der Waals surface area contributed by atoms with Gasteiger partial charge in [0, 0.05) is 18.2 Å². The zero-order valence-corrected chi connectivity index (χ0v) is 12.5. The van der Waals surface area contributed by atoms with Crippen LogP contribution in [0.3, 0.4) is 0 Å². The molecule has 114 valence electrons. The Morgan fingerprint density at radius 1 is 1.43 bits per heavy atom. The number of aromatic hydroxyl groups is 1. The Kier molecular flexibility index (Phi) is 3.52. The van der Waals surface area contributed by atoms with Crippen molar-refractivity contribution in [1.82, 2.24) is 4.90 Å². The molecule has 0 radical (unpaired) electrons. The van der Waals surface area contributed by atoms with Gasteiger partial charge in [0.25, 0.3) is 0 Å². The van der Waals surface area contributed by atoms with Crippen LogP contribution in [0.4, 0.5) is 10.5 Å². The van der Waals surface area contributed by atoms with Gasteiger partial charge in [-0.1, -0.05) is 0 Å². The lowest BCUT2D eigenvalue weighted by atomic mass is 10.0. The number of rotatable bonds is 1. The molecule has 7 nitrogen and oxygen atoms in total. The number of phenols is 1. The van der Waals surface area contributed by atoms with Crippen molar-refractivity contribution >= 4 is 11.8 Å². The number of carbonyl (C=O) groups excluding carboxylic acids is 1. The van der Waals surface area contributed by atoms with Crippen LogP contribution in [0.1, 0.15) is 37.5 Å². The highest BCUT2D eigenvalue weighted by molar-refractivity contribution is 5.70. The fourth-order valence-corrected chi connectivity index (χ4v) is 2.30. The van der Waals surface area contributed by atoms with Crippen LogP contribution in [0.2, 0.25) is 0 Å². The summed E-state index contributed by atoms with van der Waals surface area (Å²) in [6.07, 6.45) is -0.472.